The van der Waals surface area contributed by atoms with E-state index >= 15 is 0 Å². The Bertz CT molecular complexity index is 252. The number of carbonyl (C=O) groups is 1. The number of methoxy groups -OCH3 is 1. The molecular weight excluding hydrogens is 142 g/mol. The van der Waals surface area contributed by atoms with Crippen LogP contribution in [0.4, 0.5) is 0 Å². The zero-order chi connectivity index (χ0) is 8.27. The molecule has 0 bridgehead atoms. The van der Waals surface area contributed by atoms with Crippen LogP contribution in [0.15, 0.2) is 12.4 Å². The van der Waals surface area contributed by atoms with Crippen molar-refractivity contribution >= 4 is 5.97 Å². The molecule has 0 saturated carbocycles. The second-order valence-electron chi connectivity index (χ2n) is 2.42. The predicted octanol–water partition coefficient (Wildman–Crippen LogP) is 1.04. The highest BCUT2D eigenvalue weighted by Gasteiger charge is 2.04. The first-order valence-corrected chi connectivity index (χ1v) is 3.43. The van der Waals surface area contributed by atoms with Crippen LogP contribution in [0, 0.1) is 6.92 Å². The SMILES string of the molecule is COC(=O)Cc1c[nH]cc1C. The molecule has 0 saturated heterocycles. The molecule has 0 atom stereocenters. The molecule has 1 rings (SSSR count). The summed E-state index contributed by atoms with van der Waals surface area (Å²) in [5.41, 5.74) is 2.09. The van der Waals surface area contributed by atoms with E-state index in [0.29, 0.717) is 6.42 Å². The fourth-order valence-electron chi connectivity index (χ4n) is 0.892. The van der Waals surface area contributed by atoms with E-state index in [2.05, 4.69) is 9.72 Å². The van der Waals surface area contributed by atoms with Crippen LogP contribution < -0.4 is 0 Å². The maximum absolute atomic E-state index is 10.8. The maximum atomic E-state index is 10.8. The molecule has 1 heterocycles. The van der Waals surface area contributed by atoms with E-state index < -0.39 is 0 Å². The van der Waals surface area contributed by atoms with E-state index in [1.54, 1.807) is 0 Å². The van der Waals surface area contributed by atoms with Crippen LogP contribution in [-0.2, 0) is 16.0 Å². The van der Waals surface area contributed by atoms with Crippen LogP contribution in [0.5, 0.6) is 0 Å². The summed E-state index contributed by atoms with van der Waals surface area (Å²) in [6, 6.07) is 0. The molecule has 0 fully saturated rings. The summed E-state index contributed by atoms with van der Waals surface area (Å²) in [5, 5.41) is 0. The van der Waals surface area contributed by atoms with Crippen molar-refractivity contribution in [2.75, 3.05) is 7.11 Å². The summed E-state index contributed by atoms with van der Waals surface area (Å²) in [6.45, 7) is 1.95. The van der Waals surface area contributed by atoms with Crippen molar-refractivity contribution in [3.8, 4) is 0 Å². The van der Waals surface area contributed by atoms with Crippen molar-refractivity contribution < 1.29 is 9.53 Å². The number of H-pyrrole nitrogens is 1. The Morgan fingerprint density at radius 3 is 2.82 bits per heavy atom. The lowest BCUT2D eigenvalue weighted by Crippen LogP contribution is -2.04. The Morgan fingerprint density at radius 1 is 1.64 bits per heavy atom. The molecule has 1 aromatic heterocycles. The van der Waals surface area contributed by atoms with Gasteiger partial charge >= 0.3 is 5.97 Å². The van der Waals surface area contributed by atoms with E-state index in [0.717, 1.165) is 11.1 Å². The van der Waals surface area contributed by atoms with Crippen LogP contribution >= 0.6 is 0 Å². The van der Waals surface area contributed by atoms with E-state index in [1.807, 2.05) is 19.3 Å². The zero-order valence-corrected chi connectivity index (χ0v) is 6.68. The first-order valence-electron chi connectivity index (χ1n) is 3.43. The molecular formula is C8H11NO2. The number of esters is 1. The predicted molar refractivity (Wildman–Crippen MR) is 41.2 cm³/mol. The van der Waals surface area contributed by atoms with E-state index in [9.17, 15) is 4.79 Å². The number of aryl methyl sites for hydroxylation is 1. The monoisotopic (exact) mass is 153 g/mol. The third-order valence-corrected chi connectivity index (χ3v) is 1.63. The van der Waals surface area contributed by atoms with Gasteiger partial charge in [-0.25, -0.2) is 0 Å². The minimum absolute atomic E-state index is 0.201. The highest BCUT2D eigenvalue weighted by molar-refractivity contribution is 5.72. The third kappa shape index (κ3) is 1.83. The van der Waals surface area contributed by atoms with Gasteiger partial charge in [-0.15, -0.1) is 0 Å². The number of nitrogens with one attached hydrogen (secondary N) is 1. The van der Waals surface area contributed by atoms with Crippen LogP contribution in [0.25, 0.3) is 0 Å². The highest BCUT2D eigenvalue weighted by atomic mass is 16.5. The molecule has 1 aromatic rings. The van der Waals surface area contributed by atoms with Crippen molar-refractivity contribution in [3.63, 3.8) is 0 Å². The Balaban J connectivity index is 2.64. The van der Waals surface area contributed by atoms with Gasteiger partial charge in [0.15, 0.2) is 0 Å². The van der Waals surface area contributed by atoms with Gasteiger partial charge in [0, 0.05) is 12.4 Å². The Morgan fingerprint density at radius 2 is 2.36 bits per heavy atom. The van der Waals surface area contributed by atoms with Crippen LogP contribution in [0.2, 0.25) is 0 Å². The number of ether oxygens (including phenoxy) is 1. The zero-order valence-electron chi connectivity index (χ0n) is 6.68. The quantitative estimate of drug-likeness (QED) is 0.645. The van der Waals surface area contributed by atoms with Gasteiger partial charge in [-0.1, -0.05) is 0 Å². The summed E-state index contributed by atoms with van der Waals surface area (Å²) in [7, 11) is 1.39. The Hall–Kier alpha value is -1.25. The van der Waals surface area contributed by atoms with Crippen LogP contribution in [0.1, 0.15) is 11.1 Å². The van der Waals surface area contributed by atoms with Crippen molar-refractivity contribution in [2.45, 2.75) is 13.3 Å². The first-order chi connectivity index (χ1) is 5.24. The molecule has 0 aliphatic heterocycles. The van der Waals surface area contributed by atoms with Gasteiger partial charge in [-0.05, 0) is 18.1 Å². The normalized spacial score (nSPS) is 9.64. The number of aromatic amines is 1. The Labute approximate surface area is 65.4 Å². The second kappa shape index (κ2) is 3.23. The summed E-state index contributed by atoms with van der Waals surface area (Å²) >= 11 is 0. The molecule has 0 aromatic carbocycles. The first kappa shape index (κ1) is 7.85. The number of aromatic nitrogens is 1. The van der Waals surface area contributed by atoms with Crippen molar-refractivity contribution in [3.05, 3.63) is 23.5 Å². The van der Waals surface area contributed by atoms with Gasteiger partial charge in [0.1, 0.15) is 0 Å². The van der Waals surface area contributed by atoms with Gasteiger partial charge < -0.3 is 9.72 Å². The lowest BCUT2D eigenvalue weighted by molar-refractivity contribution is -0.139. The average molecular weight is 153 g/mol. The molecule has 1 N–H and O–H groups in total. The minimum Gasteiger partial charge on any atom is -0.469 e. The summed E-state index contributed by atoms with van der Waals surface area (Å²) < 4.78 is 4.53. The average Bonchev–Trinajstić information content (AvgIpc) is 2.37. The third-order valence-electron chi connectivity index (χ3n) is 1.63. The summed E-state index contributed by atoms with van der Waals surface area (Å²) in [6.07, 6.45) is 4.02. The van der Waals surface area contributed by atoms with Crippen molar-refractivity contribution in [1.82, 2.24) is 4.98 Å². The highest BCUT2D eigenvalue weighted by Crippen LogP contribution is 2.06. The lowest BCUT2D eigenvalue weighted by Gasteiger charge is -1.96. The second-order valence-corrected chi connectivity index (χ2v) is 2.42. The van der Waals surface area contributed by atoms with Crippen molar-refractivity contribution in [2.24, 2.45) is 0 Å². The molecule has 3 nitrogen and oxygen atoms in total. The fraction of sp³-hybridized carbons (Fsp3) is 0.375. The summed E-state index contributed by atoms with van der Waals surface area (Å²) in [4.78, 5) is 13.7. The number of hydrogen-bond acceptors (Lipinski definition) is 2. The molecule has 11 heavy (non-hydrogen) atoms. The standard InChI is InChI=1S/C8H11NO2/c1-6-4-9-5-7(6)3-8(10)11-2/h4-5,9H,3H2,1-2H3. The van der Waals surface area contributed by atoms with E-state index in [4.69, 9.17) is 0 Å². The number of carbonyl (C=O) groups excluding carboxylic acids is 1. The number of hydrogen-bond donors (Lipinski definition) is 1. The summed E-state index contributed by atoms with van der Waals surface area (Å²) in [5.74, 6) is -0.201. The van der Waals surface area contributed by atoms with Crippen molar-refractivity contribution in [1.29, 1.82) is 0 Å². The molecule has 60 valence electrons. The molecule has 0 unspecified atom stereocenters. The van der Waals surface area contributed by atoms with Gasteiger partial charge in [0.2, 0.25) is 0 Å². The smallest absolute Gasteiger partial charge is 0.310 e. The topological polar surface area (TPSA) is 42.1 Å². The van der Waals surface area contributed by atoms with E-state index in [1.165, 1.54) is 7.11 Å². The van der Waals surface area contributed by atoms with Crippen LogP contribution in [-0.4, -0.2) is 18.1 Å². The number of rotatable bonds is 2. The van der Waals surface area contributed by atoms with Gasteiger partial charge in [0.05, 0.1) is 13.5 Å². The largest absolute Gasteiger partial charge is 0.469 e. The lowest BCUT2D eigenvalue weighted by atomic mass is 10.2. The minimum atomic E-state index is -0.201. The fourth-order valence-corrected chi connectivity index (χ4v) is 0.892. The van der Waals surface area contributed by atoms with Gasteiger partial charge in [0.25, 0.3) is 0 Å². The van der Waals surface area contributed by atoms with Crippen LogP contribution in [0.3, 0.4) is 0 Å². The molecule has 3 heteroatoms. The van der Waals surface area contributed by atoms with E-state index in [-0.39, 0.29) is 5.97 Å². The molecule has 0 spiro atoms. The molecule has 0 aliphatic carbocycles. The molecule has 0 amide bonds. The molecule has 0 aliphatic rings. The van der Waals surface area contributed by atoms with Gasteiger partial charge in [-0.3, -0.25) is 4.79 Å². The van der Waals surface area contributed by atoms with Gasteiger partial charge in [-0.2, -0.15) is 0 Å². The Kier molecular flexibility index (Phi) is 2.31. The molecule has 0 radical (unpaired) electrons. The maximum Gasteiger partial charge on any atom is 0.310 e.